The predicted molar refractivity (Wildman–Crippen MR) is 107 cm³/mol. The highest BCUT2D eigenvalue weighted by atomic mass is 32.1. The van der Waals surface area contributed by atoms with Crippen molar-refractivity contribution >= 4 is 23.5 Å². The van der Waals surface area contributed by atoms with E-state index >= 15 is 0 Å². The third-order valence-electron chi connectivity index (χ3n) is 3.53. The molecule has 0 saturated heterocycles. The van der Waals surface area contributed by atoms with Gasteiger partial charge in [-0.15, -0.1) is 6.58 Å². The van der Waals surface area contributed by atoms with Crippen molar-refractivity contribution in [1.29, 1.82) is 0 Å². The fourth-order valence-electron chi connectivity index (χ4n) is 2.24. The molecule has 0 amide bonds. The van der Waals surface area contributed by atoms with Crippen LogP contribution in [0.2, 0.25) is 0 Å². The molecule has 0 aliphatic carbocycles. The standard InChI is InChI=1S/C19H29N3OS/c1-8-9-20-17(24)22-21-12-13-10-14(18(2,3)4)16(23)15(11-13)19(5,6)7/h8,10-12,23H,1,9H2,2-7H3,(H2,20,22,24)/b21-12+. The van der Waals surface area contributed by atoms with Gasteiger partial charge in [-0.1, -0.05) is 47.6 Å². The summed E-state index contributed by atoms with van der Waals surface area (Å²) in [6, 6.07) is 3.94. The van der Waals surface area contributed by atoms with Crippen LogP contribution in [0, 0.1) is 0 Å². The number of nitrogens with zero attached hydrogens (tertiary/aromatic N) is 1. The van der Waals surface area contributed by atoms with Gasteiger partial charge in [0.05, 0.1) is 6.21 Å². The van der Waals surface area contributed by atoms with Crippen LogP contribution >= 0.6 is 12.2 Å². The number of nitrogens with one attached hydrogen (secondary N) is 2. The summed E-state index contributed by atoms with van der Waals surface area (Å²) in [5.74, 6) is 0.364. The third-order valence-corrected chi connectivity index (χ3v) is 3.77. The highest BCUT2D eigenvalue weighted by Gasteiger charge is 2.26. The smallest absolute Gasteiger partial charge is 0.187 e. The number of benzene rings is 1. The molecule has 3 N–H and O–H groups in total. The number of hydrazone groups is 1. The molecule has 1 aromatic carbocycles. The van der Waals surface area contributed by atoms with Gasteiger partial charge in [-0.25, -0.2) is 0 Å². The van der Waals surface area contributed by atoms with Crippen LogP contribution in [0.1, 0.15) is 58.2 Å². The summed E-state index contributed by atoms with van der Waals surface area (Å²) >= 11 is 5.10. The lowest BCUT2D eigenvalue weighted by Crippen LogP contribution is -2.31. The molecule has 0 aromatic heterocycles. The van der Waals surface area contributed by atoms with Crippen molar-refractivity contribution in [1.82, 2.24) is 10.7 Å². The highest BCUT2D eigenvalue weighted by molar-refractivity contribution is 7.80. The Kier molecular flexibility index (Phi) is 6.55. The summed E-state index contributed by atoms with van der Waals surface area (Å²) in [7, 11) is 0. The van der Waals surface area contributed by atoms with Crippen LogP contribution in [0.5, 0.6) is 5.75 Å². The average Bonchev–Trinajstić information content (AvgIpc) is 2.44. The number of rotatable bonds is 4. The predicted octanol–water partition coefficient (Wildman–Crippen LogP) is 3.97. The second-order valence-corrected chi connectivity index (χ2v) is 8.24. The molecular weight excluding hydrogens is 318 g/mol. The van der Waals surface area contributed by atoms with Crippen molar-refractivity contribution < 1.29 is 5.11 Å². The molecule has 0 unspecified atom stereocenters. The van der Waals surface area contributed by atoms with Crippen LogP contribution in [0.4, 0.5) is 0 Å². The molecule has 132 valence electrons. The number of aromatic hydroxyl groups is 1. The summed E-state index contributed by atoms with van der Waals surface area (Å²) in [5, 5.41) is 18.3. The van der Waals surface area contributed by atoms with E-state index in [0.717, 1.165) is 16.7 Å². The first kappa shape index (κ1) is 20.2. The number of phenolic OH excluding ortho intramolecular Hbond substituents is 1. The summed E-state index contributed by atoms with van der Waals surface area (Å²) in [6.07, 6.45) is 3.44. The molecule has 4 nitrogen and oxygen atoms in total. The zero-order valence-electron chi connectivity index (χ0n) is 15.5. The highest BCUT2D eigenvalue weighted by Crippen LogP contribution is 2.39. The molecule has 24 heavy (non-hydrogen) atoms. The fraction of sp³-hybridized carbons (Fsp3) is 0.474. The monoisotopic (exact) mass is 347 g/mol. The second-order valence-electron chi connectivity index (χ2n) is 7.83. The second kappa shape index (κ2) is 7.79. The van der Waals surface area contributed by atoms with Gasteiger partial charge in [0.2, 0.25) is 0 Å². The van der Waals surface area contributed by atoms with Crippen LogP contribution in [-0.2, 0) is 10.8 Å². The quantitative estimate of drug-likeness (QED) is 0.334. The fourth-order valence-corrected chi connectivity index (χ4v) is 2.38. The lowest BCUT2D eigenvalue weighted by molar-refractivity contribution is 0.423. The molecule has 0 aliphatic heterocycles. The van der Waals surface area contributed by atoms with Crippen molar-refractivity contribution in [2.75, 3.05) is 6.54 Å². The van der Waals surface area contributed by atoms with E-state index in [4.69, 9.17) is 12.2 Å². The first-order chi connectivity index (χ1) is 11.0. The molecule has 0 heterocycles. The minimum atomic E-state index is -0.165. The van der Waals surface area contributed by atoms with E-state index in [-0.39, 0.29) is 10.8 Å². The minimum Gasteiger partial charge on any atom is -0.507 e. The molecule has 0 atom stereocenters. The van der Waals surface area contributed by atoms with Gasteiger partial charge >= 0.3 is 0 Å². The van der Waals surface area contributed by atoms with Gasteiger partial charge in [-0.05, 0) is 40.7 Å². The van der Waals surface area contributed by atoms with Crippen molar-refractivity contribution in [3.8, 4) is 5.75 Å². The summed E-state index contributed by atoms with van der Waals surface area (Å²) in [5.41, 5.74) is 5.18. The van der Waals surface area contributed by atoms with Gasteiger partial charge < -0.3 is 10.4 Å². The van der Waals surface area contributed by atoms with E-state index in [1.807, 2.05) is 12.1 Å². The molecule has 0 spiro atoms. The zero-order valence-corrected chi connectivity index (χ0v) is 16.3. The number of thiocarbonyl (C=S) groups is 1. The molecule has 1 rings (SSSR count). The van der Waals surface area contributed by atoms with Crippen LogP contribution in [0.25, 0.3) is 0 Å². The van der Waals surface area contributed by atoms with Crippen molar-refractivity contribution in [2.24, 2.45) is 5.10 Å². The summed E-state index contributed by atoms with van der Waals surface area (Å²) in [6.45, 7) is 16.7. The van der Waals surface area contributed by atoms with Gasteiger partial charge in [-0.2, -0.15) is 5.10 Å². The first-order valence-electron chi connectivity index (χ1n) is 8.02. The lowest BCUT2D eigenvalue weighted by Gasteiger charge is -2.27. The Morgan fingerprint density at radius 3 is 2.08 bits per heavy atom. The Morgan fingerprint density at radius 2 is 1.67 bits per heavy atom. The molecule has 1 aromatic rings. The molecule has 5 heteroatoms. The molecule has 0 saturated carbocycles. The average molecular weight is 348 g/mol. The normalized spacial score (nSPS) is 12.2. The van der Waals surface area contributed by atoms with E-state index in [2.05, 4.69) is 64.0 Å². The SMILES string of the molecule is C=CCNC(=S)N/N=C/c1cc(C(C)(C)C)c(O)c(C(C)(C)C)c1. The van der Waals surface area contributed by atoms with Crippen molar-refractivity contribution in [3.05, 3.63) is 41.5 Å². The molecule has 0 aliphatic rings. The van der Waals surface area contributed by atoms with Crippen molar-refractivity contribution in [2.45, 2.75) is 52.4 Å². The van der Waals surface area contributed by atoms with Crippen LogP contribution in [-0.4, -0.2) is 23.0 Å². The number of phenols is 1. The van der Waals surface area contributed by atoms with E-state index in [1.54, 1.807) is 12.3 Å². The van der Waals surface area contributed by atoms with E-state index in [1.165, 1.54) is 0 Å². The van der Waals surface area contributed by atoms with Crippen molar-refractivity contribution in [3.63, 3.8) is 0 Å². The maximum atomic E-state index is 10.7. The number of hydrogen-bond acceptors (Lipinski definition) is 3. The minimum absolute atomic E-state index is 0.165. The largest absolute Gasteiger partial charge is 0.507 e. The van der Waals surface area contributed by atoms with Crippen LogP contribution < -0.4 is 10.7 Å². The molecule has 0 radical (unpaired) electrons. The zero-order chi connectivity index (χ0) is 18.5. The van der Waals surface area contributed by atoms with Gasteiger partial charge in [0.1, 0.15) is 5.75 Å². The molecule has 0 fully saturated rings. The Bertz CT molecular complexity index is 602. The Morgan fingerprint density at radius 1 is 1.17 bits per heavy atom. The third kappa shape index (κ3) is 5.64. The Balaban J connectivity index is 3.16. The maximum absolute atomic E-state index is 10.7. The van der Waals surface area contributed by atoms with Gasteiger partial charge in [-0.3, -0.25) is 5.43 Å². The molecular formula is C19H29N3OS. The van der Waals surface area contributed by atoms with Crippen LogP contribution in [0.3, 0.4) is 0 Å². The number of hydrogen-bond donors (Lipinski definition) is 3. The topological polar surface area (TPSA) is 56.7 Å². The summed E-state index contributed by atoms with van der Waals surface area (Å²) in [4.78, 5) is 0. The Labute approximate surface area is 151 Å². The first-order valence-corrected chi connectivity index (χ1v) is 8.43. The lowest BCUT2D eigenvalue weighted by atomic mass is 9.78. The van der Waals surface area contributed by atoms with E-state index in [0.29, 0.717) is 17.4 Å². The van der Waals surface area contributed by atoms with Gasteiger partial charge in [0, 0.05) is 17.7 Å². The van der Waals surface area contributed by atoms with E-state index < -0.39 is 0 Å². The summed E-state index contributed by atoms with van der Waals surface area (Å²) < 4.78 is 0. The van der Waals surface area contributed by atoms with Gasteiger partial charge in [0.15, 0.2) is 5.11 Å². The molecule has 0 bridgehead atoms. The maximum Gasteiger partial charge on any atom is 0.187 e. The Hall–Kier alpha value is -1.88. The van der Waals surface area contributed by atoms with Crippen LogP contribution in [0.15, 0.2) is 29.9 Å². The van der Waals surface area contributed by atoms with Gasteiger partial charge in [0.25, 0.3) is 0 Å². The van der Waals surface area contributed by atoms with E-state index in [9.17, 15) is 5.11 Å².